The van der Waals surface area contributed by atoms with Crippen LogP contribution in [0, 0.1) is 0 Å². The molecule has 1 amide bonds. The number of carbonyl (C=O) groups is 1. The molecule has 0 bridgehead atoms. The van der Waals surface area contributed by atoms with E-state index in [4.69, 9.17) is 16.3 Å². The molecular formula is C34H37ClF3N5O4. The zero-order chi connectivity index (χ0) is 33.6. The number of benzene rings is 2. The number of piperidine rings is 1. The second kappa shape index (κ2) is 12.7. The van der Waals surface area contributed by atoms with Crippen molar-refractivity contribution in [2.24, 2.45) is 0 Å². The van der Waals surface area contributed by atoms with Crippen LogP contribution in [0.15, 0.2) is 71.8 Å². The molecule has 2 N–H and O–H groups in total. The van der Waals surface area contributed by atoms with Crippen molar-refractivity contribution in [2.45, 2.75) is 69.0 Å². The third kappa shape index (κ3) is 7.11. The van der Waals surface area contributed by atoms with Gasteiger partial charge in [0.15, 0.2) is 5.65 Å². The Balaban J connectivity index is 1.13. The first kappa shape index (κ1) is 33.2. The smallest absolute Gasteiger partial charge is 0.388 e. The van der Waals surface area contributed by atoms with Gasteiger partial charge in [-0.1, -0.05) is 54.1 Å². The minimum absolute atomic E-state index is 0.0335. The minimum Gasteiger partial charge on any atom is -0.388 e. The van der Waals surface area contributed by atoms with E-state index >= 15 is 0 Å². The van der Waals surface area contributed by atoms with Crippen LogP contribution in [-0.4, -0.2) is 73.7 Å². The van der Waals surface area contributed by atoms with Gasteiger partial charge in [0.05, 0.1) is 41.7 Å². The molecule has 9 nitrogen and oxygen atoms in total. The number of nitrogens with one attached hydrogen (secondary N) is 1. The van der Waals surface area contributed by atoms with E-state index in [2.05, 4.69) is 10.3 Å². The number of rotatable bonds is 7. The average molecular weight is 672 g/mol. The molecule has 0 spiro atoms. The van der Waals surface area contributed by atoms with Crippen LogP contribution in [0.5, 0.6) is 0 Å². The molecule has 0 radical (unpaired) electrons. The van der Waals surface area contributed by atoms with E-state index < -0.39 is 30.0 Å². The number of hydrogen-bond acceptors (Lipinski definition) is 6. The van der Waals surface area contributed by atoms with Crippen LogP contribution in [-0.2, 0) is 16.1 Å². The number of carbonyl (C=O) groups excluding carboxylic acids is 1. The molecule has 2 aromatic carbocycles. The number of fused-ring (bicyclic) bond motifs is 1. The normalized spacial score (nSPS) is 20.3. The molecule has 2 fully saturated rings. The molecule has 0 aliphatic carbocycles. The minimum atomic E-state index is -4.58. The van der Waals surface area contributed by atoms with Crippen molar-refractivity contribution in [3.8, 4) is 5.69 Å². The van der Waals surface area contributed by atoms with Crippen molar-refractivity contribution in [3.05, 3.63) is 93.6 Å². The lowest BCUT2D eigenvalue weighted by atomic mass is 9.89. The lowest BCUT2D eigenvalue weighted by Gasteiger charge is -2.39. The average Bonchev–Trinajstić information content (AvgIpc) is 3.38. The fourth-order valence-electron chi connectivity index (χ4n) is 6.36. The highest BCUT2D eigenvalue weighted by molar-refractivity contribution is 6.31. The number of aromatic nitrogens is 3. The Morgan fingerprint density at radius 1 is 1.13 bits per heavy atom. The Kier molecular flexibility index (Phi) is 8.98. The summed E-state index contributed by atoms with van der Waals surface area (Å²) in [5.41, 5.74) is 0.232. The number of hydrogen-bond donors (Lipinski definition) is 2. The van der Waals surface area contributed by atoms with E-state index in [0.29, 0.717) is 17.4 Å². The molecule has 0 unspecified atom stereocenters. The summed E-state index contributed by atoms with van der Waals surface area (Å²) in [6.45, 7) is 5.41. The van der Waals surface area contributed by atoms with Crippen LogP contribution < -0.4 is 10.9 Å². The third-order valence-corrected chi connectivity index (χ3v) is 9.47. The molecule has 13 heteroatoms. The number of amides is 1. The quantitative estimate of drug-likeness (QED) is 0.274. The highest BCUT2D eigenvalue weighted by atomic mass is 35.5. The number of nitrogens with zero attached hydrogens (tertiary/aromatic N) is 4. The van der Waals surface area contributed by atoms with Gasteiger partial charge in [0.25, 0.3) is 5.56 Å². The number of halogens is 4. The SMILES string of the molecule is CC1(C)CN[C@H](c2ccc(-n3c(Cl)cc4c(=O)n(CC5(O)CCN(C(=O)C[C@H](c6ccccc6)C(F)(F)F)CC5)cnc43)cc2)CO1. The van der Waals surface area contributed by atoms with Crippen molar-refractivity contribution < 1.29 is 27.8 Å². The highest BCUT2D eigenvalue weighted by Crippen LogP contribution is 2.38. The summed E-state index contributed by atoms with van der Waals surface area (Å²) < 4.78 is 50.4. The molecule has 2 aromatic heterocycles. The Hall–Kier alpha value is -3.71. The van der Waals surface area contributed by atoms with Gasteiger partial charge in [-0.25, -0.2) is 4.98 Å². The molecule has 0 saturated carbocycles. The fourth-order valence-corrected chi connectivity index (χ4v) is 6.65. The summed E-state index contributed by atoms with van der Waals surface area (Å²) in [4.78, 5) is 32.3. The Labute approximate surface area is 274 Å². The number of alkyl halides is 3. The third-order valence-electron chi connectivity index (χ3n) is 9.20. The van der Waals surface area contributed by atoms with Gasteiger partial charge in [0.2, 0.25) is 5.91 Å². The zero-order valence-electron chi connectivity index (χ0n) is 26.1. The second-order valence-electron chi connectivity index (χ2n) is 13.1. The molecular weight excluding hydrogens is 635 g/mol. The molecule has 4 aromatic rings. The van der Waals surface area contributed by atoms with Crippen LogP contribution in [0.1, 0.15) is 56.2 Å². The Morgan fingerprint density at radius 2 is 1.81 bits per heavy atom. The molecule has 47 heavy (non-hydrogen) atoms. The summed E-state index contributed by atoms with van der Waals surface area (Å²) in [6.07, 6.45) is -3.74. The van der Waals surface area contributed by atoms with Crippen LogP contribution in [0.3, 0.4) is 0 Å². The van der Waals surface area contributed by atoms with Crippen molar-refractivity contribution >= 4 is 28.5 Å². The van der Waals surface area contributed by atoms with E-state index in [1.165, 1.54) is 40.1 Å². The van der Waals surface area contributed by atoms with Crippen LogP contribution in [0.25, 0.3) is 16.7 Å². The molecule has 2 aliphatic heterocycles. The first-order chi connectivity index (χ1) is 22.2. The Bertz CT molecular complexity index is 1790. The van der Waals surface area contributed by atoms with E-state index in [1.807, 2.05) is 38.1 Å². The maximum Gasteiger partial charge on any atom is 0.396 e. The number of likely N-dealkylation sites (tertiary alicyclic amines) is 1. The topological polar surface area (TPSA) is 102 Å². The summed E-state index contributed by atoms with van der Waals surface area (Å²) in [6, 6.07) is 16.8. The zero-order valence-corrected chi connectivity index (χ0v) is 26.9. The summed E-state index contributed by atoms with van der Waals surface area (Å²) in [7, 11) is 0. The van der Waals surface area contributed by atoms with Crippen LogP contribution in [0.2, 0.25) is 5.15 Å². The summed E-state index contributed by atoms with van der Waals surface area (Å²) in [5, 5.41) is 15.4. The van der Waals surface area contributed by atoms with E-state index in [-0.39, 0.29) is 60.6 Å². The van der Waals surface area contributed by atoms with Gasteiger partial charge in [-0.05, 0) is 56.0 Å². The van der Waals surface area contributed by atoms with Gasteiger partial charge in [-0.3, -0.25) is 18.7 Å². The van der Waals surface area contributed by atoms with Gasteiger partial charge in [0.1, 0.15) is 11.5 Å². The van der Waals surface area contributed by atoms with Crippen molar-refractivity contribution in [2.75, 3.05) is 26.2 Å². The molecule has 6 rings (SSSR count). The van der Waals surface area contributed by atoms with Gasteiger partial charge in [0, 0.05) is 31.7 Å². The lowest BCUT2D eigenvalue weighted by molar-refractivity contribution is -0.162. The fraction of sp³-hybridized carbons (Fsp3) is 0.441. The maximum absolute atomic E-state index is 13.8. The monoisotopic (exact) mass is 671 g/mol. The van der Waals surface area contributed by atoms with Gasteiger partial charge >= 0.3 is 6.18 Å². The number of morpholine rings is 1. The first-order valence-corrected chi connectivity index (χ1v) is 16.0. The standard InChI is InChI=1S/C34H37ClF3N5O4/c1-32(2)19-39-27(18-47-32)23-8-10-24(11-9-23)43-28(35)16-25-30(43)40-21-42(31(25)45)20-33(46)12-14-41(15-13-33)29(44)17-26(34(36,37)38)22-6-4-3-5-7-22/h3-11,16,21,26-27,39,46H,12-15,17-20H2,1-2H3/t26-,27+/m1/s1. The molecule has 4 heterocycles. The predicted octanol–water partition coefficient (Wildman–Crippen LogP) is 5.37. The summed E-state index contributed by atoms with van der Waals surface area (Å²) >= 11 is 6.60. The Morgan fingerprint density at radius 3 is 2.43 bits per heavy atom. The molecule has 2 saturated heterocycles. The molecule has 2 atom stereocenters. The van der Waals surface area contributed by atoms with Crippen molar-refractivity contribution in [1.29, 1.82) is 0 Å². The highest BCUT2D eigenvalue weighted by Gasteiger charge is 2.43. The van der Waals surface area contributed by atoms with Gasteiger partial charge in [-0.2, -0.15) is 13.2 Å². The van der Waals surface area contributed by atoms with Gasteiger partial charge in [-0.15, -0.1) is 0 Å². The van der Waals surface area contributed by atoms with E-state index in [0.717, 1.165) is 17.8 Å². The lowest BCUT2D eigenvalue weighted by Crippen LogP contribution is -2.50. The van der Waals surface area contributed by atoms with E-state index in [9.17, 15) is 27.9 Å². The van der Waals surface area contributed by atoms with Gasteiger partial charge < -0.3 is 20.1 Å². The second-order valence-corrected chi connectivity index (χ2v) is 13.5. The van der Waals surface area contributed by atoms with Crippen LogP contribution in [0.4, 0.5) is 13.2 Å². The largest absolute Gasteiger partial charge is 0.396 e. The van der Waals surface area contributed by atoms with Crippen molar-refractivity contribution in [1.82, 2.24) is 24.3 Å². The number of aliphatic hydroxyl groups is 1. The predicted molar refractivity (Wildman–Crippen MR) is 172 cm³/mol. The molecule has 250 valence electrons. The maximum atomic E-state index is 13.8. The first-order valence-electron chi connectivity index (χ1n) is 15.6. The summed E-state index contributed by atoms with van der Waals surface area (Å²) in [5.74, 6) is -2.55. The van der Waals surface area contributed by atoms with E-state index in [1.54, 1.807) is 16.7 Å². The van der Waals surface area contributed by atoms with Crippen molar-refractivity contribution in [3.63, 3.8) is 0 Å². The van der Waals surface area contributed by atoms with Crippen LogP contribution >= 0.6 is 11.6 Å². The molecule has 2 aliphatic rings. The number of ether oxygens (including phenoxy) is 1.